The van der Waals surface area contributed by atoms with Gasteiger partial charge in [0.05, 0.1) is 13.2 Å². The van der Waals surface area contributed by atoms with Crippen LogP contribution in [0.1, 0.15) is 11.8 Å². The van der Waals surface area contributed by atoms with E-state index >= 15 is 0 Å². The maximum absolute atomic E-state index is 12.0. The molecular weight excluding hydrogens is 601 g/mol. The Balaban J connectivity index is 1.32. The highest BCUT2D eigenvalue weighted by molar-refractivity contribution is 7.65. The van der Waals surface area contributed by atoms with Gasteiger partial charge in [0.2, 0.25) is 0 Å². The van der Waals surface area contributed by atoms with Gasteiger partial charge < -0.3 is 38.7 Å². The Kier molecular flexibility index (Phi) is 9.10. The molecule has 40 heavy (non-hydrogen) atoms. The van der Waals surface area contributed by atoms with Crippen molar-refractivity contribution in [2.75, 3.05) is 6.61 Å². The number of hydrogen-bond acceptors (Lipinski definition) is 15. The molecule has 2 aromatic carbocycles. The Bertz CT molecular complexity index is 1640. The molecule has 17 nitrogen and oxygen atoms in total. The molecule has 0 spiro atoms. The maximum atomic E-state index is 12.0. The van der Waals surface area contributed by atoms with Crippen LogP contribution in [0.3, 0.4) is 0 Å². The summed E-state index contributed by atoms with van der Waals surface area (Å²) in [7, 11) is -17.7. The SMILES string of the molecule is O=c1ccn([C@@H]2O[C@H](COP(=O)([O-])OP(=O)([O-])OP(=O)([O-])OCc3ccc4ccccc4c3)[C@H](O)C2O)c(=O)[nH]1. The molecule has 1 aromatic heterocycles. The molecule has 4 rings (SSSR count). The third-order valence-corrected chi connectivity index (χ3v) is 9.57. The van der Waals surface area contributed by atoms with Crippen LogP contribution in [0.5, 0.6) is 0 Å². The smallest absolute Gasteiger partial charge is 0.330 e. The number of rotatable bonds is 11. The molecule has 1 aliphatic rings. The van der Waals surface area contributed by atoms with Crippen LogP contribution in [0.2, 0.25) is 0 Å². The number of aliphatic hydroxyl groups excluding tert-OH is 2. The number of phosphoric ester groups is 2. The molecule has 4 unspecified atom stereocenters. The molecule has 0 radical (unpaired) electrons. The molecule has 218 valence electrons. The van der Waals surface area contributed by atoms with Crippen LogP contribution >= 0.6 is 23.5 Å². The number of H-pyrrole nitrogens is 1. The number of nitrogens with zero attached hydrogens (tertiary/aromatic N) is 1. The number of ether oxygens (including phenoxy) is 1. The molecule has 1 aliphatic heterocycles. The van der Waals surface area contributed by atoms with Gasteiger partial charge in [-0.3, -0.25) is 28.0 Å². The fraction of sp³-hybridized carbons (Fsp3) is 0.300. The Hall–Kier alpha value is -2.33. The van der Waals surface area contributed by atoms with Crippen molar-refractivity contribution in [2.24, 2.45) is 0 Å². The normalized spacial score (nSPS) is 25.7. The third-order valence-electron chi connectivity index (χ3n) is 5.46. The Labute approximate surface area is 224 Å². The van der Waals surface area contributed by atoms with Gasteiger partial charge in [-0.15, -0.1) is 0 Å². The van der Waals surface area contributed by atoms with Crippen molar-refractivity contribution in [1.82, 2.24) is 9.55 Å². The summed E-state index contributed by atoms with van der Waals surface area (Å²) in [6.07, 6.45) is -5.93. The number of phosphoric acid groups is 3. The summed E-state index contributed by atoms with van der Waals surface area (Å²) in [4.78, 5) is 61.0. The van der Waals surface area contributed by atoms with Crippen molar-refractivity contribution >= 4 is 34.2 Å². The number of nitrogens with one attached hydrogen (secondary N) is 1. The van der Waals surface area contributed by atoms with Crippen molar-refractivity contribution in [1.29, 1.82) is 0 Å². The van der Waals surface area contributed by atoms with E-state index in [1.54, 1.807) is 30.3 Å². The highest BCUT2D eigenvalue weighted by Crippen LogP contribution is 2.63. The van der Waals surface area contributed by atoms with Crippen LogP contribution in [0.4, 0.5) is 0 Å². The molecular formula is C20H20N2O15P3-3. The number of aromatic nitrogens is 2. The van der Waals surface area contributed by atoms with Crippen molar-refractivity contribution < 1.29 is 61.0 Å². The van der Waals surface area contributed by atoms with Crippen LogP contribution in [-0.2, 0) is 42.7 Å². The van der Waals surface area contributed by atoms with Crippen molar-refractivity contribution in [3.05, 3.63) is 81.1 Å². The zero-order valence-electron chi connectivity index (χ0n) is 19.9. The van der Waals surface area contributed by atoms with Gasteiger partial charge in [-0.1, -0.05) is 36.4 Å². The molecule has 0 saturated carbocycles. The number of aromatic amines is 1. The minimum atomic E-state index is -6.14. The minimum Gasteiger partial charge on any atom is -0.756 e. The lowest BCUT2D eigenvalue weighted by Crippen LogP contribution is -2.37. The first-order chi connectivity index (χ1) is 18.6. The second-order valence-corrected chi connectivity index (χ2v) is 12.8. The second-order valence-electron chi connectivity index (χ2n) is 8.32. The summed E-state index contributed by atoms with van der Waals surface area (Å²) in [5, 5.41) is 21.9. The quantitative estimate of drug-likeness (QED) is 0.216. The number of fused-ring (bicyclic) bond motifs is 1. The van der Waals surface area contributed by atoms with Crippen LogP contribution in [0.15, 0.2) is 64.3 Å². The minimum absolute atomic E-state index is 0.331. The Morgan fingerprint density at radius 3 is 2.20 bits per heavy atom. The van der Waals surface area contributed by atoms with Gasteiger partial charge in [-0.25, -0.2) is 13.4 Å². The third kappa shape index (κ3) is 7.69. The molecule has 0 amide bonds. The van der Waals surface area contributed by atoms with Gasteiger partial charge in [0, 0.05) is 12.3 Å². The number of hydrogen-bond donors (Lipinski definition) is 3. The van der Waals surface area contributed by atoms with Crippen LogP contribution in [-0.4, -0.2) is 44.7 Å². The first-order valence-corrected chi connectivity index (χ1v) is 15.5. The molecule has 3 N–H and O–H groups in total. The molecule has 7 atom stereocenters. The molecule has 1 fully saturated rings. The first-order valence-electron chi connectivity index (χ1n) is 11.1. The van der Waals surface area contributed by atoms with Gasteiger partial charge >= 0.3 is 5.69 Å². The summed E-state index contributed by atoms with van der Waals surface area (Å²) < 4.78 is 58.3. The van der Waals surface area contributed by atoms with Crippen LogP contribution in [0, 0.1) is 0 Å². The Morgan fingerprint density at radius 1 is 0.875 bits per heavy atom. The van der Waals surface area contributed by atoms with E-state index in [1.807, 2.05) is 11.1 Å². The van der Waals surface area contributed by atoms with E-state index in [-0.39, 0.29) is 0 Å². The van der Waals surface area contributed by atoms with Crippen LogP contribution in [0.25, 0.3) is 10.8 Å². The lowest BCUT2D eigenvalue weighted by Gasteiger charge is -2.34. The largest absolute Gasteiger partial charge is 0.756 e. The Morgan fingerprint density at radius 2 is 1.52 bits per heavy atom. The van der Waals surface area contributed by atoms with Crippen LogP contribution < -0.4 is 25.9 Å². The first kappa shape index (κ1) is 30.6. The number of benzene rings is 2. The summed E-state index contributed by atoms with van der Waals surface area (Å²) in [5.41, 5.74) is -1.44. The molecule has 0 aliphatic carbocycles. The average Bonchev–Trinajstić information content (AvgIpc) is 3.13. The molecule has 20 heteroatoms. The molecule has 0 bridgehead atoms. The van der Waals surface area contributed by atoms with Gasteiger partial charge in [0.25, 0.3) is 29.0 Å². The predicted molar refractivity (Wildman–Crippen MR) is 127 cm³/mol. The maximum Gasteiger partial charge on any atom is 0.330 e. The predicted octanol–water partition coefficient (Wildman–Crippen LogP) is -1.02. The molecule has 3 aromatic rings. The summed E-state index contributed by atoms with van der Waals surface area (Å²) >= 11 is 0. The lowest BCUT2D eigenvalue weighted by atomic mass is 10.1. The fourth-order valence-corrected chi connectivity index (χ4v) is 7.04. The monoisotopic (exact) mass is 621 g/mol. The summed E-state index contributed by atoms with van der Waals surface area (Å²) in [6, 6.07) is 12.8. The standard InChI is InChI=1S/C20H23N2O15P3/c23-16-7-8-22(20(26)21-16)19-18(25)17(24)15(35-19)11-34-39(29,30)37-40(31,32)36-38(27,28)33-10-12-5-6-13-3-1-2-4-14(13)9-12/h1-9,15,17-19,24-25H,10-11H2,(H,27,28)(H,29,30)(H,31,32)(H,21,23,26)/p-3/t15-,17+,18?,19-/m1/s1. The molecule has 1 saturated heterocycles. The van der Waals surface area contributed by atoms with E-state index in [2.05, 4.69) is 17.7 Å². The second kappa shape index (κ2) is 11.9. The van der Waals surface area contributed by atoms with Crippen molar-refractivity contribution in [3.8, 4) is 0 Å². The van der Waals surface area contributed by atoms with E-state index in [0.717, 1.165) is 23.0 Å². The van der Waals surface area contributed by atoms with E-state index < -0.39 is 72.5 Å². The van der Waals surface area contributed by atoms with Gasteiger partial charge in [0.1, 0.15) is 18.3 Å². The van der Waals surface area contributed by atoms with Gasteiger partial charge in [-0.2, -0.15) is 0 Å². The highest BCUT2D eigenvalue weighted by Gasteiger charge is 2.44. The topological polar surface area (TPSA) is 262 Å². The lowest BCUT2D eigenvalue weighted by molar-refractivity contribution is -0.252. The van der Waals surface area contributed by atoms with E-state index in [4.69, 9.17) is 4.74 Å². The fourth-order valence-electron chi connectivity index (χ4n) is 3.68. The zero-order chi connectivity index (χ0) is 29.3. The van der Waals surface area contributed by atoms with Gasteiger partial charge in [-0.05, 0) is 22.4 Å². The average molecular weight is 621 g/mol. The van der Waals surface area contributed by atoms with Crippen molar-refractivity contribution in [2.45, 2.75) is 31.1 Å². The summed E-state index contributed by atoms with van der Waals surface area (Å²) in [5.74, 6) is 0. The number of aliphatic hydroxyl groups is 2. The van der Waals surface area contributed by atoms with E-state index in [1.165, 1.54) is 6.07 Å². The zero-order valence-corrected chi connectivity index (χ0v) is 22.6. The van der Waals surface area contributed by atoms with Crippen molar-refractivity contribution in [3.63, 3.8) is 0 Å². The highest BCUT2D eigenvalue weighted by atomic mass is 31.3. The van der Waals surface area contributed by atoms with Gasteiger partial charge in [0.15, 0.2) is 6.23 Å². The van der Waals surface area contributed by atoms with E-state index in [0.29, 0.717) is 10.1 Å². The summed E-state index contributed by atoms with van der Waals surface area (Å²) in [6.45, 7) is -1.78. The molecule has 2 heterocycles. The van der Waals surface area contributed by atoms with E-state index in [9.17, 15) is 48.2 Å².